The summed E-state index contributed by atoms with van der Waals surface area (Å²) in [6, 6.07) is 7.66. The van der Waals surface area contributed by atoms with Gasteiger partial charge in [0, 0.05) is 24.8 Å². The quantitative estimate of drug-likeness (QED) is 0.565. The van der Waals surface area contributed by atoms with Crippen LogP contribution >= 0.6 is 0 Å². The van der Waals surface area contributed by atoms with Crippen molar-refractivity contribution >= 4 is 17.5 Å². The molecule has 2 aromatic heterocycles. The molecule has 28 heavy (non-hydrogen) atoms. The Kier molecular flexibility index (Phi) is 5.78. The van der Waals surface area contributed by atoms with Crippen molar-refractivity contribution in [1.82, 2.24) is 25.3 Å². The van der Waals surface area contributed by atoms with Gasteiger partial charge in [0.1, 0.15) is 17.5 Å². The number of hydrogen-bond acceptors (Lipinski definition) is 5. The number of urea groups is 1. The summed E-state index contributed by atoms with van der Waals surface area (Å²) in [5.74, 6) is -0.219. The Balaban J connectivity index is 1.45. The monoisotopic (exact) mass is 387 g/mol. The van der Waals surface area contributed by atoms with E-state index in [1.165, 1.54) is 0 Å². The van der Waals surface area contributed by atoms with Crippen molar-refractivity contribution < 1.29 is 13.6 Å². The molecule has 0 atom stereocenters. The van der Waals surface area contributed by atoms with E-state index in [0.29, 0.717) is 18.2 Å². The molecule has 0 radical (unpaired) electrons. The number of anilines is 2. The molecular weight excluding hydrogens is 368 g/mol. The van der Waals surface area contributed by atoms with Crippen LogP contribution in [0.2, 0.25) is 0 Å². The van der Waals surface area contributed by atoms with Gasteiger partial charge in [0.05, 0.1) is 11.4 Å². The number of aryl methyl sites for hydroxylation is 2. The lowest BCUT2D eigenvalue weighted by Gasteiger charge is -2.10. The molecule has 0 aliphatic heterocycles. The lowest BCUT2D eigenvalue weighted by molar-refractivity contribution is 0.252. The van der Waals surface area contributed by atoms with Crippen molar-refractivity contribution in [2.24, 2.45) is 0 Å². The van der Waals surface area contributed by atoms with Crippen molar-refractivity contribution in [3.8, 4) is 5.82 Å². The molecule has 3 N–H and O–H groups in total. The minimum Gasteiger partial charge on any atom is -0.367 e. The third-order valence-electron chi connectivity index (χ3n) is 3.77. The maximum Gasteiger partial charge on any atom is 0.319 e. The van der Waals surface area contributed by atoms with E-state index in [0.717, 1.165) is 29.6 Å². The van der Waals surface area contributed by atoms with E-state index in [1.54, 1.807) is 16.8 Å². The van der Waals surface area contributed by atoms with Crippen LogP contribution in [0.15, 0.2) is 36.4 Å². The Bertz CT molecular complexity index is 973. The molecule has 2 amide bonds. The van der Waals surface area contributed by atoms with Crippen LogP contribution in [-0.4, -0.2) is 39.1 Å². The van der Waals surface area contributed by atoms with Gasteiger partial charge in [0.15, 0.2) is 5.82 Å². The topological polar surface area (TPSA) is 96.8 Å². The van der Waals surface area contributed by atoms with E-state index in [2.05, 4.69) is 31.2 Å². The van der Waals surface area contributed by atoms with Crippen molar-refractivity contribution in [1.29, 1.82) is 0 Å². The van der Waals surface area contributed by atoms with Gasteiger partial charge < -0.3 is 16.0 Å². The van der Waals surface area contributed by atoms with E-state index < -0.39 is 17.7 Å². The number of carbonyl (C=O) groups excluding carboxylic acids is 1. The number of hydrogen-bond donors (Lipinski definition) is 3. The molecule has 1 aromatic carbocycles. The van der Waals surface area contributed by atoms with E-state index >= 15 is 0 Å². The predicted molar refractivity (Wildman–Crippen MR) is 100 cm³/mol. The van der Waals surface area contributed by atoms with Gasteiger partial charge in [0.2, 0.25) is 0 Å². The number of rotatable bonds is 6. The SMILES string of the molecule is Cc1cc(C)n(-c2ccc(NCCNC(=O)Nc3cc(F)ccc3F)nn2)n1. The van der Waals surface area contributed by atoms with Crippen LogP contribution in [0.5, 0.6) is 0 Å². The van der Waals surface area contributed by atoms with Crippen LogP contribution in [0.25, 0.3) is 5.82 Å². The number of aromatic nitrogens is 4. The van der Waals surface area contributed by atoms with Crippen LogP contribution in [0.3, 0.4) is 0 Å². The molecule has 0 fully saturated rings. The fourth-order valence-corrected chi connectivity index (χ4v) is 2.52. The number of halogens is 2. The molecule has 146 valence electrons. The van der Waals surface area contributed by atoms with Gasteiger partial charge in [-0.15, -0.1) is 10.2 Å². The van der Waals surface area contributed by atoms with E-state index in [4.69, 9.17) is 0 Å². The van der Waals surface area contributed by atoms with Crippen LogP contribution in [-0.2, 0) is 0 Å². The molecule has 8 nitrogen and oxygen atoms in total. The number of amides is 2. The highest BCUT2D eigenvalue weighted by Crippen LogP contribution is 2.15. The first kappa shape index (κ1) is 19.2. The van der Waals surface area contributed by atoms with Gasteiger partial charge in [0.25, 0.3) is 0 Å². The van der Waals surface area contributed by atoms with Crippen LogP contribution in [0, 0.1) is 25.5 Å². The summed E-state index contributed by atoms with van der Waals surface area (Å²) in [5, 5.41) is 20.3. The van der Waals surface area contributed by atoms with Crippen LogP contribution in [0.4, 0.5) is 25.1 Å². The van der Waals surface area contributed by atoms with E-state index in [1.807, 2.05) is 19.9 Å². The van der Waals surface area contributed by atoms with Gasteiger partial charge in [-0.1, -0.05) is 0 Å². The first-order chi connectivity index (χ1) is 13.4. The summed E-state index contributed by atoms with van der Waals surface area (Å²) in [6.45, 7) is 4.44. The molecule has 0 aliphatic carbocycles. The average molecular weight is 387 g/mol. The molecule has 3 rings (SSSR count). The molecule has 3 aromatic rings. The summed E-state index contributed by atoms with van der Waals surface area (Å²) in [5.41, 5.74) is 1.62. The first-order valence-electron chi connectivity index (χ1n) is 8.53. The number of nitrogens with zero attached hydrogens (tertiary/aromatic N) is 4. The van der Waals surface area contributed by atoms with Crippen molar-refractivity contribution in [3.05, 3.63) is 59.4 Å². The Hall–Kier alpha value is -3.56. The zero-order chi connectivity index (χ0) is 20.1. The Labute approximate surface area is 160 Å². The summed E-state index contributed by atoms with van der Waals surface area (Å²) in [6.07, 6.45) is 0. The second kappa shape index (κ2) is 8.42. The lowest BCUT2D eigenvalue weighted by atomic mass is 10.3. The van der Waals surface area contributed by atoms with Crippen molar-refractivity contribution in [2.45, 2.75) is 13.8 Å². The zero-order valence-corrected chi connectivity index (χ0v) is 15.3. The minimum absolute atomic E-state index is 0.226. The number of benzene rings is 1. The summed E-state index contributed by atoms with van der Waals surface area (Å²) < 4.78 is 28.3. The third kappa shape index (κ3) is 4.78. The molecule has 0 bridgehead atoms. The summed E-state index contributed by atoms with van der Waals surface area (Å²) in [4.78, 5) is 11.7. The van der Waals surface area contributed by atoms with Gasteiger partial charge in [-0.2, -0.15) is 5.10 Å². The fourth-order valence-electron chi connectivity index (χ4n) is 2.52. The highest BCUT2D eigenvalue weighted by atomic mass is 19.1. The number of carbonyl (C=O) groups is 1. The lowest BCUT2D eigenvalue weighted by Crippen LogP contribution is -2.33. The molecule has 0 aliphatic rings. The van der Waals surface area contributed by atoms with E-state index in [9.17, 15) is 13.6 Å². The standard InChI is InChI=1S/C18H19F2N7O/c1-11-9-12(2)27(26-11)17-6-5-16(24-25-17)21-7-8-22-18(28)23-15-10-13(19)3-4-14(15)20/h3-6,9-10H,7-8H2,1-2H3,(H,21,24)(H2,22,23,28). The highest BCUT2D eigenvalue weighted by Gasteiger charge is 2.08. The van der Waals surface area contributed by atoms with Crippen LogP contribution in [0.1, 0.15) is 11.4 Å². The van der Waals surface area contributed by atoms with Crippen LogP contribution < -0.4 is 16.0 Å². The molecule has 10 heteroatoms. The normalized spacial score (nSPS) is 10.6. The predicted octanol–water partition coefficient (Wildman–Crippen LogP) is 2.79. The maximum atomic E-state index is 13.5. The molecule has 0 spiro atoms. The maximum absolute atomic E-state index is 13.5. The smallest absolute Gasteiger partial charge is 0.319 e. The largest absolute Gasteiger partial charge is 0.367 e. The zero-order valence-electron chi connectivity index (χ0n) is 15.3. The van der Waals surface area contributed by atoms with Crippen molar-refractivity contribution in [2.75, 3.05) is 23.7 Å². The third-order valence-corrected chi connectivity index (χ3v) is 3.77. The van der Waals surface area contributed by atoms with E-state index in [-0.39, 0.29) is 12.2 Å². The Morgan fingerprint density at radius 3 is 2.57 bits per heavy atom. The fraction of sp³-hybridized carbons (Fsp3) is 0.222. The molecule has 0 saturated carbocycles. The number of nitrogens with one attached hydrogen (secondary N) is 3. The second-order valence-corrected chi connectivity index (χ2v) is 6.05. The minimum atomic E-state index is -0.715. The molecule has 2 heterocycles. The van der Waals surface area contributed by atoms with Gasteiger partial charge >= 0.3 is 6.03 Å². The molecule has 0 unspecified atom stereocenters. The van der Waals surface area contributed by atoms with Crippen molar-refractivity contribution in [3.63, 3.8) is 0 Å². The molecular formula is C18H19F2N7O. The van der Waals surface area contributed by atoms with Gasteiger partial charge in [-0.3, -0.25) is 0 Å². The van der Waals surface area contributed by atoms with Gasteiger partial charge in [-0.05, 0) is 44.2 Å². The average Bonchev–Trinajstić information content (AvgIpc) is 3.00. The Morgan fingerprint density at radius 2 is 1.89 bits per heavy atom. The van der Waals surface area contributed by atoms with Gasteiger partial charge in [-0.25, -0.2) is 18.3 Å². The highest BCUT2D eigenvalue weighted by molar-refractivity contribution is 5.89. The first-order valence-corrected chi connectivity index (χ1v) is 8.53. The summed E-state index contributed by atoms with van der Waals surface area (Å²) in [7, 11) is 0. The summed E-state index contributed by atoms with van der Waals surface area (Å²) >= 11 is 0. The Morgan fingerprint density at radius 1 is 1.07 bits per heavy atom. The molecule has 0 saturated heterocycles. The second-order valence-electron chi connectivity index (χ2n) is 6.05.